The molecule has 2 heteroatoms. The summed E-state index contributed by atoms with van der Waals surface area (Å²) in [6.07, 6.45) is 4.62. The Kier molecular flexibility index (Phi) is 3.37. The molecule has 0 atom stereocenters. The number of carbonyl (C=O) groups is 1. The van der Waals surface area contributed by atoms with E-state index < -0.39 is 0 Å². The maximum absolute atomic E-state index is 11.0. The number of allylic oxidation sites excluding steroid dienone is 1. The second kappa shape index (κ2) is 4.95. The van der Waals surface area contributed by atoms with E-state index in [4.69, 9.17) is 11.6 Å². The maximum atomic E-state index is 11.0. The first-order valence-electron chi connectivity index (χ1n) is 5.06. The molecule has 0 aliphatic carbocycles. The SMILES string of the molecule is O=Cc1ccc2ccccc2c1C=CCCl. The number of carbonyl (C=O) groups excluding carboxylic acids is 1. The van der Waals surface area contributed by atoms with Crippen LogP contribution in [0.15, 0.2) is 42.5 Å². The van der Waals surface area contributed by atoms with Gasteiger partial charge in [0, 0.05) is 11.4 Å². The molecule has 2 rings (SSSR count). The number of fused-ring (bicyclic) bond motifs is 1. The van der Waals surface area contributed by atoms with Gasteiger partial charge in [0.2, 0.25) is 0 Å². The number of halogens is 1. The molecule has 0 bridgehead atoms. The number of benzene rings is 2. The van der Waals surface area contributed by atoms with Gasteiger partial charge in [-0.3, -0.25) is 4.79 Å². The maximum Gasteiger partial charge on any atom is 0.150 e. The van der Waals surface area contributed by atoms with Crippen LogP contribution in [-0.4, -0.2) is 12.2 Å². The first-order chi connectivity index (χ1) is 7.86. The fourth-order valence-corrected chi connectivity index (χ4v) is 1.85. The Labute approximate surface area is 99.3 Å². The third-order valence-corrected chi connectivity index (χ3v) is 2.68. The molecule has 0 heterocycles. The van der Waals surface area contributed by atoms with Gasteiger partial charge in [-0.25, -0.2) is 0 Å². The molecule has 0 fully saturated rings. The molecule has 80 valence electrons. The second-order valence-electron chi connectivity index (χ2n) is 3.46. The first-order valence-corrected chi connectivity index (χ1v) is 5.59. The van der Waals surface area contributed by atoms with Gasteiger partial charge in [-0.15, -0.1) is 11.6 Å². The molecule has 0 aliphatic heterocycles. The Morgan fingerprint density at radius 2 is 1.94 bits per heavy atom. The van der Waals surface area contributed by atoms with Crippen molar-refractivity contribution in [2.75, 3.05) is 5.88 Å². The lowest BCUT2D eigenvalue weighted by atomic mass is 9.99. The quantitative estimate of drug-likeness (QED) is 0.577. The highest BCUT2D eigenvalue weighted by Crippen LogP contribution is 2.22. The summed E-state index contributed by atoms with van der Waals surface area (Å²) >= 11 is 5.62. The van der Waals surface area contributed by atoms with Crippen molar-refractivity contribution in [2.24, 2.45) is 0 Å². The minimum atomic E-state index is 0.446. The molecule has 0 N–H and O–H groups in total. The second-order valence-corrected chi connectivity index (χ2v) is 3.77. The van der Waals surface area contributed by atoms with Crippen LogP contribution in [0.4, 0.5) is 0 Å². The Bertz CT molecular complexity index is 543. The average Bonchev–Trinajstić information content (AvgIpc) is 2.35. The molecule has 16 heavy (non-hydrogen) atoms. The lowest BCUT2D eigenvalue weighted by Crippen LogP contribution is -1.88. The van der Waals surface area contributed by atoms with Gasteiger partial charge in [0.1, 0.15) is 0 Å². The smallest absolute Gasteiger partial charge is 0.150 e. The fourth-order valence-electron chi connectivity index (χ4n) is 1.76. The van der Waals surface area contributed by atoms with E-state index in [9.17, 15) is 4.79 Å². The molecule has 0 saturated heterocycles. The van der Waals surface area contributed by atoms with Gasteiger partial charge < -0.3 is 0 Å². The number of hydrogen-bond acceptors (Lipinski definition) is 1. The number of alkyl halides is 1. The molecule has 0 amide bonds. The van der Waals surface area contributed by atoms with Crippen molar-refractivity contribution in [1.82, 2.24) is 0 Å². The lowest BCUT2D eigenvalue weighted by molar-refractivity contribution is 0.112. The van der Waals surface area contributed by atoms with Crippen LogP contribution in [0.5, 0.6) is 0 Å². The molecular weight excluding hydrogens is 220 g/mol. The van der Waals surface area contributed by atoms with Gasteiger partial charge >= 0.3 is 0 Å². The summed E-state index contributed by atoms with van der Waals surface area (Å²) in [7, 11) is 0. The van der Waals surface area contributed by atoms with Crippen molar-refractivity contribution in [3.8, 4) is 0 Å². The molecule has 0 aromatic heterocycles. The summed E-state index contributed by atoms with van der Waals surface area (Å²) in [5, 5.41) is 2.20. The van der Waals surface area contributed by atoms with E-state index in [2.05, 4.69) is 0 Å². The van der Waals surface area contributed by atoms with Crippen molar-refractivity contribution in [3.05, 3.63) is 53.6 Å². The van der Waals surface area contributed by atoms with Crippen molar-refractivity contribution in [3.63, 3.8) is 0 Å². The van der Waals surface area contributed by atoms with Crippen LogP contribution < -0.4 is 0 Å². The summed E-state index contributed by atoms with van der Waals surface area (Å²) in [5.74, 6) is 0.446. The van der Waals surface area contributed by atoms with Crippen LogP contribution >= 0.6 is 11.6 Å². The van der Waals surface area contributed by atoms with Crippen molar-refractivity contribution < 1.29 is 4.79 Å². The first kappa shape index (κ1) is 10.9. The highest BCUT2D eigenvalue weighted by atomic mass is 35.5. The van der Waals surface area contributed by atoms with Crippen LogP contribution in [0.3, 0.4) is 0 Å². The summed E-state index contributed by atoms with van der Waals surface area (Å²) < 4.78 is 0. The van der Waals surface area contributed by atoms with Crippen LogP contribution in [0.25, 0.3) is 16.8 Å². The van der Waals surface area contributed by atoms with E-state index in [1.807, 2.05) is 48.6 Å². The third-order valence-electron chi connectivity index (χ3n) is 2.50. The van der Waals surface area contributed by atoms with E-state index >= 15 is 0 Å². The molecule has 1 nitrogen and oxygen atoms in total. The minimum Gasteiger partial charge on any atom is -0.298 e. The van der Waals surface area contributed by atoms with Gasteiger partial charge in [0.05, 0.1) is 0 Å². The van der Waals surface area contributed by atoms with Crippen molar-refractivity contribution >= 4 is 34.7 Å². The van der Waals surface area contributed by atoms with E-state index in [0.29, 0.717) is 11.4 Å². The van der Waals surface area contributed by atoms with E-state index in [0.717, 1.165) is 22.6 Å². The van der Waals surface area contributed by atoms with Crippen molar-refractivity contribution in [1.29, 1.82) is 0 Å². The third kappa shape index (κ3) is 2.00. The van der Waals surface area contributed by atoms with E-state index in [-0.39, 0.29) is 0 Å². The zero-order valence-electron chi connectivity index (χ0n) is 8.69. The topological polar surface area (TPSA) is 17.1 Å². The predicted octanol–water partition coefficient (Wildman–Crippen LogP) is 3.90. The Morgan fingerprint density at radius 3 is 2.69 bits per heavy atom. The molecule has 0 spiro atoms. The largest absolute Gasteiger partial charge is 0.298 e. The predicted molar refractivity (Wildman–Crippen MR) is 69.1 cm³/mol. The van der Waals surface area contributed by atoms with Gasteiger partial charge in [0.15, 0.2) is 6.29 Å². The van der Waals surface area contributed by atoms with E-state index in [1.165, 1.54) is 0 Å². The zero-order valence-corrected chi connectivity index (χ0v) is 9.45. The van der Waals surface area contributed by atoms with Crippen LogP contribution in [0.1, 0.15) is 15.9 Å². The normalized spacial score (nSPS) is 11.1. The standard InChI is InChI=1S/C14H11ClO/c15-9-3-6-14-12(10-16)8-7-11-4-1-2-5-13(11)14/h1-8,10H,9H2. The number of aldehydes is 1. The molecule has 0 unspecified atom stereocenters. The number of hydrogen-bond donors (Lipinski definition) is 0. The summed E-state index contributed by atoms with van der Waals surface area (Å²) in [4.78, 5) is 11.0. The number of rotatable bonds is 3. The van der Waals surface area contributed by atoms with Crippen LogP contribution in [-0.2, 0) is 0 Å². The Hall–Kier alpha value is -1.60. The fraction of sp³-hybridized carbons (Fsp3) is 0.0714. The minimum absolute atomic E-state index is 0.446. The summed E-state index contributed by atoms with van der Waals surface area (Å²) in [5.41, 5.74) is 1.63. The molecule has 0 radical (unpaired) electrons. The van der Waals surface area contributed by atoms with Gasteiger partial charge in [-0.2, -0.15) is 0 Å². The molecular formula is C14H11ClO. The lowest BCUT2D eigenvalue weighted by Gasteiger charge is -2.05. The molecule has 0 aliphatic rings. The molecule has 2 aromatic carbocycles. The van der Waals surface area contributed by atoms with Gasteiger partial charge in [0.25, 0.3) is 0 Å². The van der Waals surface area contributed by atoms with E-state index in [1.54, 1.807) is 0 Å². The monoisotopic (exact) mass is 230 g/mol. The highest BCUT2D eigenvalue weighted by Gasteiger charge is 2.03. The molecule has 0 saturated carbocycles. The van der Waals surface area contributed by atoms with Gasteiger partial charge in [-0.1, -0.05) is 48.6 Å². The molecule has 2 aromatic rings. The van der Waals surface area contributed by atoms with Crippen molar-refractivity contribution in [2.45, 2.75) is 0 Å². The summed E-state index contributed by atoms with van der Waals surface area (Å²) in [6.45, 7) is 0. The average molecular weight is 231 g/mol. The Morgan fingerprint density at radius 1 is 1.12 bits per heavy atom. The van der Waals surface area contributed by atoms with Crippen LogP contribution in [0, 0.1) is 0 Å². The zero-order chi connectivity index (χ0) is 11.4. The van der Waals surface area contributed by atoms with Gasteiger partial charge in [-0.05, 0) is 16.3 Å². The highest BCUT2D eigenvalue weighted by molar-refractivity contribution is 6.19. The Balaban J connectivity index is 2.72. The van der Waals surface area contributed by atoms with Crippen LogP contribution in [0.2, 0.25) is 0 Å². The summed E-state index contributed by atoms with van der Waals surface area (Å²) in [6, 6.07) is 11.8.